The van der Waals surface area contributed by atoms with Gasteiger partial charge in [-0.3, -0.25) is 4.79 Å². The second-order valence-electron chi connectivity index (χ2n) is 6.09. The maximum Gasteiger partial charge on any atom is 0.344 e. The lowest BCUT2D eigenvalue weighted by Gasteiger charge is -2.14. The Morgan fingerprint density at radius 3 is 2.57 bits per heavy atom. The number of carbonyl (C=O) groups excluding carboxylic acids is 2. The number of carbonyl (C=O) groups is 2. The molecule has 1 heterocycles. The van der Waals surface area contributed by atoms with Crippen molar-refractivity contribution in [3.05, 3.63) is 70.3 Å². The molecular weight excluding hydrogens is 407 g/mol. The van der Waals surface area contributed by atoms with Gasteiger partial charge in [0.1, 0.15) is 11.3 Å². The number of hydrogen-bond acceptors (Lipinski definition) is 6. The van der Waals surface area contributed by atoms with E-state index in [1.165, 1.54) is 25.1 Å². The van der Waals surface area contributed by atoms with Crippen LogP contribution in [-0.2, 0) is 14.3 Å². The molecule has 0 fully saturated rings. The summed E-state index contributed by atoms with van der Waals surface area (Å²) in [4.78, 5) is 35.1. The first-order valence-corrected chi connectivity index (χ1v) is 8.55. The number of amides is 1. The molecule has 0 aliphatic rings. The minimum Gasteiger partial charge on any atom is -0.482 e. The van der Waals surface area contributed by atoms with Gasteiger partial charge in [0.25, 0.3) is 5.91 Å². The number of benzene rings is 2. The Bertz CT molecular complexity index is 1180. The summed E-state index contributed by atoms with van der Waals surface area (Å²) in [6, 6.07) is 8.87. The predicted octanol–water partition coefficient (Wildman–Crippen LogP) is 3.16. The average molecular weight is 421 g/mol. The highest BCUT2D eigenvalue weighted by atomic mass is 19.2. The first-order chi connectivity index (χ1) is 14.2. The average Bonchev–Trinajstić information content (AvgIpc) is 2.72. The number of hydrogen-bond donors (Lipinski definition) is 1. The fraction of sp³-hybridized carbons (Fsp3) is 0.150. The molecule has 3 rings (SSSR count). The molecule has 10 heteroatoms. The largest absolute Gasteiger partial charge is 0.482 e. The van der Waals surface area contributed by atoms with E-state index in [2.05, 4.69) is 0 Å². The van der Waals surface area contributed by atoms with E-state index in [-0.39, 0.29) is 11.3 Å². The lowest BCUT2D eigenvalue weighted by Crippen LogP contribution is -2.32. The van der Waals surface area contributed by atoms with Crippen LogP contribution in [0.25, 0.3) is 11.0 Å². The van der Waals surface area contributed by atoms with Crippen molar-refractivity contribution in [2.24, 2.45) is 0 Å². The van der Waals surface area contributed by atoms with Gasteiger partial charge >= 0.3 is 11.6 Å². The molecule has 1 amide bonds. The fourth-order valence-electron chi connectivity index (χ4n) is 2.41. The molecule has 3 aromatic rings. The van der Waals surface area contributed by atoms with Gasteiger partial charge in [0.05, 0.1) is 5.69 Å². The van der Waals surface area contributed by atoms with E-state index >= 15 is 0 Å². The predicted molar refractivity (Wildman–Crippen MR) is 98.5 cm³/mol. The van der Waals surface area contributed by atoms with Crippen LogP contribution in [0.3, 0.4) is 0 Å². The Kier molecular flexibility index (Phi) is 6.05. The van der Waals surface area contributed by atoms with Crippen LogP contribution in [0.2, 0.25) is 0 Å². The molecule has 1 unspecified atom stereocenters. The van der Waals surface area contributed by atoms with Gasteiger partial charge in [0.2, 0.25) is 0 Å². The third kappa shape index (κ3) is 4.77. The van der Waals surface area contributed by atoms with Crippen LogP contribution in [0.15, 0.2) is 51.7 Å². The van der Waals surface area contributed by atoms with Crippen LogP contribution in [0.1, 0.15) is 6.92 Å². The number of anilines is 1. The molecule has 1 atom stereocenters. The monoisotopic (exact) mass is 421 g/mol. The van der Waals surface area contributed by atoms with Crippen molar-refractivity contribution in [3.63, 3.8) is 0 Å². The van der Waals surface area contributed by atoms with Gasteiger partial charge in [0, 0.05) is 17.5 Å². The van der Waals surface area contributed by atoms with Gasteiger partial charge in [-0.2, -0.15) is 0 Å². The van der Waals surface area contributed by atoms with Crippen molar-refractivity contribution in [1.82, 2.24) is 0 Å². The van der Waals surface area contributed by atoms with Crippen LogP contribution in [0, 0.1) is 17.5 Å². The summed E-state index contributed by atoms with van der Waals surface area (Å²) < 4.78 is 54.9. The highest BCUT2D eigenvalue weighted by molar-refractivity contribution is 5.95. The van der Waals surface area contributed by atoms with Gasteiger partial charge < -0.3 is 19.2 Å². The number of ether oxygens (including phenoxy) is 2. The summed E-state index contributed by atoms with van der Waals surface area (Å²) in [7, 11) is 0. The fourth-order valence-corrected chi connectivity index (χ4v) is 2.41. The molecule has 0 saturated carbocycles. The van der Waals surface area contributed by atoms with Crippen LogP contribution >= 0.6 is 0 Å². The van der Waals surface area contributed by atoms with Gasteiger partial charge in [-0.25, -0.2) is 22.8 Å². The zero-order valence-corrected chi connectivity index (χ0v) is 15.4. The minimum atomic E-state index is -1.74. The van der Waals surface area contributed by atoms with Crippen molar-refractivity contribution in [3.8, 4) is 5.75 Å². The zero-order valence-electron chi connectivity index (χ0n) is 15.4. The standard InChI is InChI=1S/C20H14F3NO6/c1-10(20(27)24-14-6-5-13(21)18(22)19(14)23)29-17(26)9-28-12-4-2-11-3-7-16(25)30-15(11)8-12/h2-8,10H,9H2,1H3,(H,24,27). The van der Waals surface area contributed by atoms with Gasteiger partial charge in [-0.05, 0) is 37.3 Å². The number of nitrogens with one attached hydrogen (secondary N) is 1. The number of fused-ring (bicyclic) bond motifs is 1. The van der Waals surface area contributed by atoms with Crippen LogP contribution in [-0.4, -0.2) is 24.6 Å². The van der Waals surface area contributed by atoms with E-state index < -0.39 is 53.4 Å². The molecule has 1 aromatic heterocycles. The third-order valence-corrected chi connectivity index (χ3v) is 3.92. The van der Waals surface area contributed by atoms with Crippen molar-refractivity contribution >= 4 is 28.5 Å². The second kappa shape index (κ2) is 8.68. The summed E-state index contributed by atoms with van der Waals surface area (Å²) in [5.41, 5.74) is -0.887. The molecule has 0 bridgehead atoms. The molecule has 30 heavy (non-hydrogen) atoms. The van der Waals surface area contributed by atoms with Crippen molar-refractivity contribution in [1.29, 1.82) is 0 Å². The van der Waals surface area contributed by atoms with Crippen molar-refractivity contribution < 1.29 is 36.7 Å². The maximum absolute atomic E-state index is 13.6. The van der Waals surface area contributed by atoms with Crippen LogP contribution in [0.4, 0.5) is 18.9 Å². The number of halogens is 3. The quantitative estimate of drug-likeness (QED) is 0.373. The summed E-state index contributed by atoms with van der Waals surface area (Å²) >= 11 is 0. The highest BCUT2D eigenvalue weighted by Crippen LogP contribution is 2.21. The lowest BCUT2D eigenvalue weighted by molar-refractivity contribution is -0.155. The molecule has 7 nitrogen and oxygen atoms in total. The van der Waals surface area contributed by atoms with E-state index in [0.29, 0.717) is 11.5 Å². The van der Waals surface area contributed by atoms with E-state index in [1.807, 2.05) is 5.32 Å². The van der Waals surface area contributed by atoms with E-state index in [1.54, 1.807) is 12.1 Å². The zero-order chi connectivity index (χ0) is 21.8. The second-order valence-corrected chi connectivity index (χ2v) is 6.09. The third-order valence-electron chi connectivity index (χ3n) is 3.92. The summed E-state index contributed by atoms with van der Waals surface area (Å²) in [5.74, 6) is -6.38. The molecule has 1 N–H and O–H groups in total. The molecule has 0 radical (unpaired) electrons. The first-order valence-electron chi connectivity index (χ1n) is 8.55. The van der Waals surface area contributed by atoms with E-state index in [9.17, 15) is 27.6 Å². The molecule has 0 saturated heterocycles. The Morgan fingerprint density at radius 2 is 1.80 bits per heavy atom. The Morgan fingerprint density at radius 1 is 1.07 bits per heavy atom. The smallest absolute Gasteiger partial charge is 0.344 e. The summed E-state index contributed by atoms with van der Waals surface area (Å²) in [6.45, 7) is 0.634. The van der Waals surface area contributed by atoms with Crippen LogP contribution in [0.5, 0.6) is 5.75 Å². The summed E-state index contributed by atoms with van der Waals surface area (Å²) in [5, 5.41) is 2.65. The van der Waals surface area contributed by atoms with E-state index in [4.69, 9.17) is 13.9 Å². The molecule has 2 aromatic carbocycles. The SMILES string of the molecule is CC(OC(=O)COc1ccc2ccc(=O)oc2c1)C(=O)Nc1ccc(F)c(F)c1F. The van der Waals surface area contributed by atoms with Gasteiger partial charge in [-0.1, -0.05) is 0 Å². The lowest BCUT2D eigenvalue weighted by atomic mass is 10.2. The molecule has 156 valence electrons. The normalized spacial score (nSPS) is 11.7. The van der Waals surface area contributed by atoms with Gasteiger partial charge in [-0.15, -0.1) is 0 Å². The summed E-state index contributed by atoms with van der Waals surface area (Å²) in [6.07, 6.45) is -1.37. The van der Waals surface area contributed by atoms with E-state index in [0.717, 1.165) is 6.07 Å². The molecule has 0 aliphatic carbocycles. The van der Waals surface area contributed by atoms with Crippen molar-refractivity contribution in [2.45, 2.75) is 13.0 Å². The highest BCUT2D eigenvalue weighted by Gasteiger charge is 2.21. The first kappa shape index (κ1) is 20.9. The maximum atomic E-state index is 13.6. The molecular formula is C20H14F3NO6. The Labute approximate surface area is 167 Å². The Balaban J connectivity index is 1.56. The van der Waals surface area contributed by atoms with Gasteiger partial charge in [0.15, 0.2) is 30.2 Å². The molecule has 0 spiro atoms. The number of esters is 1. The topological polar surface area (TPSA) is 94.8 Å². The van der Waals surface area contributed by atoms with Crippen molar-refractivity contribution in [2.75, 3.05) is 11.9 Å². The van der Waals surface area contributed by atoms with Crippen LogP contribution < -0.4 is 15.7 Å². The number of rotatable bonds is 6. The minimum absolute atomic E-state index is 0.217. The Hall–Kier alpha value is -3.82. The molecule has 0 aliphatic heterocycles.